The van der Waals surface area contributed by atoms with Crippen LogP contribution in [0.5, 0.6) is 0 Å². The summed E-state index contributed by atoms with van der Waals surface area (Å²) in [4.78, 5) is 18.9. The first-order chi connectivity index (χ1) is 6.83. The van der Waals surface area contributed by atoms with Crippen LogP contribution in [0.15, 0.2) is 18.7 Å². The molecule has 0 spiro atoms. The number of esters is 1. The van der Waals surface area contributed by atoms with Crippen molar-refractivity contribution in [3.8, 4) is 0 Å². The van der Waals surface area contributed by atoms with Crippen LogP contribution in [0.1, 0.15) is 18.6 Å². The standard InChI is InChI=1S/C9H10N2O3/c1-2-13-9(12)8-7(14-8)6-3-10-5-11-4-6/h3-5,7-8H,2H2,1H3/t7-,8+/m0/s1. The fourth-order valence-electron chi connectivity index (χ4n) is 1.23. The Morgan fingerprint density at radius 3 is 2.93 bits per heavy atom. The van der Waals surface area contributed by atoms with Crippen LogP contribution in [0, 0.1) is 0 Å². The second-order valence-corrected chi connectivity index (χ2v) is 2.90. The van der Waals surface area contributed by atoms with Crippen molar-refractivity contribution < 1.29 is 14.3 Å². The van der Waals surface area contributed by atoms with Gasteiger partial charge in [-0.2, -0.15) is 0 Å². The third-order valence-electron chi connectivity index (χ3n) is 1.92. The smallest absolute Gasteiger partial charge is 0.338 e. The molecule has 0 aromatic carbocycles. The fraction of sp³-hybridized carbons (Fsp3) is 0.444. The lowest BCUT2D eigenvalue weighted by Crippen LogP contribution is -2.11. The summed E-state index contributed by atoms with van der Waals surface area (Å²) in [6, 6.07) is 0. The molecule has 2 rings (SSSR count). The van der Waals surface area contributed by atoms with Gasteiger partial charge >= 0.3 is 5.97 Å². The lowest BCUT2D eigenvalue weighted by atomic mass is 10.2. The van der Waals surface area contributed by atoms with Gasteiger partial charge in [-0.3, -0.25) is 0 Å². The summed E-state index contributed by atoms with van der Waals surface area (Å²) >= 11 is 0. The first-order valence-corrected chi connectivity index (χ1v) is 4.40. The number of carbonyl (C=O) groups excluding carboxylic acids is 1. The highest BCUT2D eigenvalue weighted by Crippen LogP contribution is 2.38. The highest BCUT2D eigenvalue weighted by molar-refractivity contribution is 5.78. The molecule has 5 heteroatoms. The summed E-state index contributed by atoms with van der Waals surface area (Å²) < 4.78 is 9.98. The summed E-state index contributed by atoms with van der Waals surface area (Å²) in [6.45, 7) is 2.14. The van der Waals surface area contributed by atoms with E-state index in [1.54, 1.807) is 19.3 Å². The van der Waals surface area contributed by atoms with Crippen LogP contribution in [0.2, 0.25) is 0 Å². The number of nitrogens with zero attached hydrogens (tertiary/aromatic N) is 2. The average molecular weight is 194 g/mol. The van der Waals surface area contributed by atoms with E-state index < -0.39 is 6.10 Å². The number of hydrogen-bond acceptors (Lipinski definition) is 5. The molecule has 1 aromatic rings. The molecule has 1 aliphatic heterocycles. The van der Waals surface area contributed by atoms with Crippen molar-refractivity contribution in [3.05, 3.63) is 24.3 Å². The lowest BCUT2D eigenvalue weighted by molar-refractivity contribution is -0.144. The van der Waals surface area contributed by atoms with Crippen LogP contribution in [0.25, 0.3) is 0 Å². The van der Waals surface area contributed by atoms with Gasteiger partial charge in [-0.1, -0.05) is 0 Å². The minimum absolute atomic E-state index is 0.227. The molecule has 5 nitrogen and oxygen atoms in total. The van der Waals surface area contributed by atoms with Gasteiger partial charge in [0.15, 0.2) is 6.10 Å². The topological polar surface area (TPSA) is 64.6 Å². The van der Waals surface area contributed by atoms with Crippen molar-refractivity contribution in [3.63, 3.8) is 0 Å². The van der Waals surface area contributed by atoms with Crippen molar-refractivity contribution in [2.24, 2.45) is 0 Å². The molecule has 0 amide bonds. The zero-order valence-corrected chi connectivity index (χ0v) is 7.71. The van der Waals surface area contributed by atoms with Crippen LogP contribution in [-0.4, -0.2) is 28.6 Å². The van der Waals surface area contributed by atoms with E-state index in [9.17, 15) is 4.79 Å². The van der Waals surface area contributed by atoms with E-state index in [0.29, 0.717) is 6.61 Å². The minimum Gasteiger partial charge on any atom is -0.464 e. The predicted molar refractivity (Wildman–Crippen MR) is 46.3 cm³/mol. The summed E-state index contributed by atoms with van der Waals surface area (Å²) in [7, 11) is 0. The predicted octanol–water partition coefficient (Wildman–Crippen LogP) is 0.480. The molecule has 2 atom stereocenters. The molecule has 0 aliphatic carbocycles. The average Bonchev–Trinajstić information content (AvgIpc) is 2.99. The maximum Gasteiger partial charge on any atom is 0.338 e. The number of epoxide rings is 1. The van der Waals surface area contributed by atoms with Gasteiger partial charge in [0.1, 0.15) is 12.4 Å². The molecule has 1 aromatic heterocycles. The molecular formula is C9H10N2O3. The molecule has 2 heterocycles. The second-order valence-electron chi connectivity index (χ2n) is 2.90. The Morgan fingerprint density at radius 1 is 1.57 bits per heavy atom. The SMILES string of the molecule is CCOC(=O)[C@@H]1O[C@H]1c1cncnc1. The Kier molecular flexibility index (Phi) is 2.41. The van der Waals surface area contributed by atoms with Crippen LogP contribution in [0.4, 0.5) is 0 Å². The highest BCUT2D eigenvalue weighted by atomic mass is 16.6. The third-order valence-corrected chi connectivity index (χ3v) is 1.92. The van der Waals surface area contributed by atoms with Crippen LogP contribution < -0.4 is 0 Å². The normalized spacial score (nSPS) is 24.4. The van der Waals surface area contributed by atoms with E-state index in [0.717, 1.165) is 5.56 Å². The van der Waals surface area contributed by atoms with Gasteiger partial charge in [0.05, 0.1) is 6.61 Å². The molecule has 0 N–H and O–H groups in total. The number of aromatic nitrogens is 2. The molecule has 1 fully saturated rings. The quantitative estimate of drug-likeness (QED) is 0.517. The molecular weight excluding hydrogens is 184 g/mol. The van der Waals surface area contributed by atoms with Gasteiger partial charge in [-0.15, -0.1) is 0 Å². The molecule has 0 bridgehead atoms. The van der Waals surface area contributed by atoms with E-state index in [-0.39, 0.29) is 12.1 Å². The Labute approximate surface area is 81.1 Å². The fourth-order valence-corrected chi connectivity index (χ4v) is 1.23. The first-order valence-electron chi connectivity index (χ1n) is 4.40. The van der Waals surface area contributed by atoms with E-state index in [4.69, 9.17) is 9.47 Å². The number of rotatable bonds is 3. The maximum absolute atomic E-state index is 11.2. The van der Waals surface area contributed by atoms with E-state index in [2.05, 4.69) is 9.97 Å². The van der Waals surface area contributed by atoms with Gasteiger partial charge in [0.25, 0.3) is 0 Å². The number of hydrogen-bond donors (Lipinski definition) is 0. The Hall–Kier alpha value is -1.49. The zero-order valence-electron chi connectivity index (χ0n) is 7.71. The third kappa shape index (κ3) is 1.72. The lowest BCUT2D eigenvalue weighted by Gasteiger charge is -1.96. The van der Waals surface area contributed by atoms with Gasteiger partial charge in [0.2, 0.25) is 0 Å². The molecule has 0 unspecified atom stereocenters. The molecule has 0 radical (unpaired) electrons. The Balaban J connectivity index is 1.96. The minimum atomic E-state index is -0.471. The van der Waals surface area contributed by atoms with Crippen molar-refractivity contribution in [2.45, 2.75) is 19.1 Å². The zero-order chi connectivity index (χ0) is 9.97. The highest BCUT2D eigenvalue weighted by Gasteiger charge is 2.47. The van der Waals surface area contributed by atoms with Gasteiger partial charge in [-0.05, 0) is 6.92 Å². The first kappa shape index (κ1) is 9.08. The maximum atomic E-state index is 11.2. The summed E-state index contributed by atoms with van der Waals surface area (Å²) in [5.74, 6) is -0.318. The molecule has 0 saturated carbocycles. The van der Waals surface area contributed by atoms with Crippen molar-refractivity contribution in [1.29, 1.82) is 0 Å². The van der Waals surface area contributed by atoms with Crippen LogP contribution >= 0.6 is 0 Å². The number of ether oxygens (including phenoxy) is 2. The summed E-state index contributed by atoms with van der Waals surface area (Å²) in [6.07, 6.45) is 4.01. The van der Waals surface area contributed by atoms with Crippen molar-refractivity contribution in [2.75, 3.05) is 6.61 Å². The summed E-state index contributed by atoms with van der Waals surface area (Å²) in [5.41, 5.74) is 0.811. The van der Waals surface area contributed by atoms with Gasteiger partial charge < -0.3 is 9.47 Å². The van der Waals surface area contributed by atoms with Crippen LogP contribution in [-0.2, 0) is 14.3 Å². The van der Waals surface area contributed by atoms with Gasteiger partial charge in [0, 0.05) is 18.0 Å². The summed E-state index contributed by atoms with van der Waals surface area (Å²) in [5, 5.41) is 0. The van der Waals surface area contributed by atoms with E-state index in [1.165, 1.54) is 6.33 Å². The monoisotopic (exact) mass is 194 g/mol. The molecule has 14 heavy (non-hydrogen) atoms. The molecule has 74 valence electrons. The van der Waals surface area contributed by atoms with Crippen molar-refractivity contribution in [1.82, 2.24) is 9.97 Å². The Morgan fingerprint density at radius 2 is 2.29 bits per heavy atom. The van der Waals surface area contributed by atoms with Crippen molar-refractivity contribution >= 4 is 5.97 Å². The van der Waals surface area contributed by atoms with E-state index in [1.807, 2.05) is 0 Å². The van der Waals surface area contributed by atoms with Gasteiger partial charge in [-0.25, -0.2) is 14.8 Å². The number of carbonyl (C=O) groups is 1. The Bertz CT molecular complexity index is 328. The largest absolute Gasteiger partial charge is 0.464 e. The van der Waals surface area contributed by atoms with E-state index >= 15 is 0 Å². The molecule has 1 aliphatic rings. The van der Waals surface area contributed by atoms with Crippen LogP contribution in [0.3, 0.4) is 0 Å². The molecule has 1 saturated heterocycles. The second kappa shape index (κ2) is 3.71.